The Kier molecular flexibility index (Phi) is 5.74. The van der Waals surface area contributed by atoms with Crippen LogP contribution < -0.4 is 10.1 Å². The topological polar surface area (TPSA) is 21.3 Å². The van der Waals surface area contributed by atoms with Crippen molar-refractivity contribution >= 4 is 11.6 Å². The molecule has 0 saturated heterocycles. The van der Waals surface area contributed by atoms with E-state index in [1.807, 2.05) is 18.2 Å². The van der Waals surface area contributed by atoms with Crippen LogP contribution in [0.25, 0.3) is 0 Å². The zero-order valence-corrected chi connectivity index (χ0v) is 13.5. The van der Waals surface area contributed by atoms with Crippen molar-refractivity contribution in [3.8, 4) is 5.75 Å². The predicted molar refractivity (Wildman–Crippen MR) is 85.7 cm³/mol. The van der Waals surface area contributed by atoms with Gasteiger partial charge in [0.05, 0.1) is 7.11 Å². The van der Waals surface area contributed by atoms with Gasteiger partial charge in [-0.3, -0.25) is 0 Å². The molecule has 2 nitrogen and oxygen atoms in total. The number of benzene rings is 1. The van der Waals surface area contributed by atoms with Crippen LogP contribution in [0.2, 0.25) is 5.02 Å². The predicted octanol–water partition coefficient (Wildman–Crippen LogP) is 4.31. The third-order valence-electron chi connectivity index (χ3n) is 4.45. The Morgan fingerprint density at radius 1 is 1.40 bits per heavy atom. The summed E-state index contributed by atoms with van der Waals surface area (Å²) in [6.45, 7) is 5.56. The van der Waals surface area contributed by atoms with Gasteiger partial charge in [-0.05, 0) is 61.4 Å². The lowest BCUT2D eigenvalue weighted by Gasteiger charge is -2.25. The first kappa shape index (κ1) is 15.7. The standard InChI is InChI=1S/C17H26ClNO/c1-4-19-16(13-6-5-12(2)9-13)11-14-10-15(18)7-8-17(14)20-3/h7-8,10,12-13,16,19H,4-6,9,11H2,1-3H3. The van der Waals surface area contributed by atoms with Crippen molar-refractivity contribution in [2.45, 2.75) is 45.6 Å². The highest BCUT2D eigenvalue weighted by Crippen LogP contribution is 2.35. The quantitative estimate of drug-likeness (QED) is 0.844. The molecule has 112 valence electrons. The first-order valence-electron chi connectivity index (χ1n) is 7.69. The molecule has 3 heteroatoms. The minimum Gasteiger partial charge on any atom is -0.496 e. The molecular formula is C17H26ClNO. The van der Waals surface area contributed by atoms with Crippen LogP contribution >= 0.6 is 11.6 Å². The summed E-state index contributed by atoms with van der Waals surface area (Å²) in [5, 5.41) is 4.45. The highest BCUT2D eigenvalue weighted by Gasteiger charge is 2.28. The molecule has 0 heterocycles. The van der Waals surface area contributed by atoms with Gasteiger partial charge in [0.2, 0.25) is 0 Å². The van der Waals surface area contributed by atoms with Gasteiger partial charge >= 0.3 is 0 Å². The van der Waals surface area contributed by atoms with Crippen LogP contribution in [0, 0.1) is 11.8 Å². The second-order valence-electron chi connectivity index (χ2n) is 6.00. The molecule has 0 aromatic heterocycles. The van der Waals surface area contributed by atoms with E-state index >= 15 is 0 Å². The molecule has 1 saturated carbocycles. The zero-order chi connectivity index (χ0) is 14.5. The van der Waals surface area contributed by atoms with E-state index in [1.165, 1.54) is 24.8 Å². The van der Waals surface area contributed by atoms with Gasteiger partial charge in [0.25, 0.3) is 0 Å². The maximum Gasteiger partial charge on any atom is 0.122 e. The fourth-order valence-corrected chi connectivity index (χ4v) is 3.62. The fourth-order valence-electron chi connectivity index (χ4n) is 3.43. The van der Waals surface area contributed by atoms with E-state index in [1.54, 1.807) is 7.11 Å². The smallest absolute Gasteiger partial charge is 0.122 e. The molecule has 0 spiro atoms. The summed E-state index contributed by atoms with van der Waals surface area (Å²) in [7, 11) is 1.73. The Labute approximate surface area is 127 Å². The summed E-state index contributed by atoms with van der Waals surface area (Å²) in [4.78, 5) is 0. The zero-order valence-electron chi connectivity index (χ0n) is 12.8. The molecule has 3 unspecified atom stereocenters. The van der Waals surface area contributed by atoms with Crippen LogP contribution in [0.5, 0.6) is 5.75 Å². The minimum atomic E-state index is 0.525. The van der Waals surface area contributed by atoms with E-state index in [0.29, 0.717) is 6.04 Å². The van der Waals surface area contributed by atoms with Crippen LogP contribution in [0.3, 0.4) is 0 Å². The first-order valence-corrected chi connectivity index (χ1v) is 8.07. The van der Waals surface area contributed by atoms with Crippen molar-refractivity contribution in [1.82, 2.24) is 5.32 Å². The molecule has 1 aliphatic rings. The fraction of sp³-hybridized carbons (Fsp3) is 0.647. The van der Waals surface area contributed by atoms with E-state index in [4.69, 9.17) is 16.3 Å². The second kappa shape index (κ2) is 7.33. The Morgan fingerprint density at radius 2 is 2.20 bits per heavy atom. The molecule has 1 aromatic carbocycles. The monoisotopic (exact) mass is 295 g/mol. The number of rotatable bonds is 6. The Bertz CT molecular complexity index is 435. The van der Waals surface area contributed by atoms with Crippen molar-refractivity contribution in [2.24, 2.45) is 11.8 Å². The van der Waals surface area contributed by atoms with Gasteiger partial charge < -0.3 is 10.1 Å². The highest BCUT2D eigenvalue weighted by molar-refractivity contribution is 6.30. The minimum absolute atomic E-state index is 0.525. The summed E-state index contributed by atoms with van der Waals surface area (Å²) >= 11 is 6.14. The number of ether oxygens (including phenoxy) is 1. The average molecular weight is 296 g/mol. The summed E-state index contributed by atoms with van der Waals surface area (Å²) in [5.74, 6) is 2.58. The second-order valence-corrected chi connectivity index (χ2v) is 6.44. The molecule has 0 bridgehead atoms. The van der Waals surface area contributed by atoms with Crippen molar-refractivity contribution in [3.05, 3.63) is 28.8 Å². The molecule has 2 rings (SSSR count). The lowest BCUT2D eigenvalue weighted by molar-refractivity contribution is 0.346. The van der Waals surface area contributed by atoms with E-state index in [9.17, 15) is 0 Å². The molecule has 3 atom stereocenters. The molecule has 0 aliphatic heterocycles. The van der Waals surface area contributed by atoms with Gasteiger partial charge in [-0.15, -0.1) is 0 Å². The van der Waals surface area contributed by atoms with Crippen LogP contribution in [-0.2, 0) is 6.42 Å². The van der Waals surface area contributed by atoms with Crippen molar-refractivity contribution < 1.29 is 4.74 Å². The molecule has 1 N–H and O–H groups in total. The lowest BCUT2D eigenvalue weighted by Crippen LogP contribution is -2.37. The van der Waals surface area contributed by atoms with E-state index in [0.717, 1.165) is 35.6 Å². The van der Waals surface area contributed by atoms with E-state index in [-0.39, 0.29) is 0 Å². The van der Waals surface area contributed by atoms with E-state index < -0.39 is 0 Å². The molecule has 0 radical (unpaired) electrons. The summed E-state index contributed by atoms with van der Waals surface area (Å²) < 4.78 is 5.48. The number of hydrogen-bond donors (Lipinski definition) is 1. The van der Waals surface area contributed by atoms with Gasteiger partial charge in [0, 0.05) is 11.1 Å². The van der Waals surface area contributed by atoms with Gasteiger partial charge in [-0.25, -0.2) is 0 Å². The number of halogens is 1. The first-order chi connectivity index (χ1) is 9.63. The lowest BCUT2D eigenvalue weighted by atomic mass is 9.91. The van der Waals surface area contributed by atoms with Crippen molar-refractivity contribution in [3.63, 3.8) is 0 Å². The van der Waals surface area contributed by atoms with Crippen LogP contribution in [0.4, 0.5) is 0 Å². The highest BCUT2D eigenvalue weighted by atomic mass is 35.5. The Hall–Kier alpha value is -0.730. The number of methoxy groups -OCH3 is 1. The number of nitrogens with one attached hydrogen (secondary N) is 1. The van der Waals surface area contributed by atoms with Gasteiger partial charge in [-0.2, -0.15) is 0 Å². The van der Waals surface area contributed by atoms with Gasteiger partial charge in [0.1, 0.15) is 5.75 Å². The third-order valence-corrected chi connectivity index (χ3v) is 4.69. The Morgan fingerprint density at radius 3 is 2.80 bits per heavy atom. The molecule has 1 aliphatic carbocycles. The molecule has 20 heavy (non-hydrogen) atoms. The molecule has 0 amide bonds. The third kappa shape index (κ3) is 3.89. The van der Waals surface area contributed by atoms with Crippen LogP contribution in [0.15, 0.2) is 18.2 Å². The molecule has 1 aromatic rings. The van der Waals surface area contributed by atoms with Gasteiger partial charge in [-0.1, -0.05) is 31.9 Å². The van der Waals surface area contributed by atoms with Crippen molar-refractivity contribution in [2.75, 3.05) is 13.7 Å². The maximum atomic E-state index is 6.14. The number of likely N-dealkylation sites (N-methyl/N-ethyl adjacent to an activating group) is 1. The molecular weight excluding hydrogens is 270 g/mol. The SMILES string of the molecule is CCNC(Cc1cc(Cl)ccc1OC)C1CCC(C)C1. The number of hydrogen-bond acceptors (Lipinski definition) is 2. The van der Waals surface area contributed by atoms with Crippen molar-refractivity contribution in [1.29, 1.82) is 0 Å². The largest absolute Gasteiger partial charge is 0.496 e. The maximum absolute atomic E-state index is 6.14. The summed E-state index contributed by atoms with van der Waals surface area (Å²) in [5.41, 5.74) is 1.21. The van der Waals surface area contributed by atoms with Crippen LogP contribution in [0.1, 0.15) is 38.7 Å². The average Bonchev–Trinajstić information content (AvgIpc) is 2.85. The summed E-state index contributed by atoms with van der Waals surface area (Å²) in [6.07, 6.45) is 5.02. The van der Waals surface area contributed by atoms with E-state index in [2.05, 4.69) is 19.2 Å². The normalized spacial score (nSPS) is 23.8. The molecule has 1 fully saturated rings. The van der Waals surface area contributed by atoms with Gasteiger partial charge in [0.15, 0.2) is 0 Å². The van der Waals surface area contributed by atoms with Crippen LogP contribution in [-0.4, -0.2) is 19.7 Å². The summed E-state index contributed by atoms with van der Waals surface area (Å²) in [6, 6.07) is 6.43. The Balaban J connectivity index is 2.13.